The zero-order valence-corrected chi connectivity index (χ0v) is 10.4. The summed E-state index contributed by atoms with van der Waals surface area (Å²) in [6, 6.07) is 10.1. The Morgan fingerprint density at radius 3 is 2.89 bits per heavy atom. The van der Waals surface area contributed by atoms with Gasteiger partial charge in [0, 0.05) is 11.6 Å². The van der Waals surface area contributed by atoms with Crippen LogP contribution in [0.1, 0.15) is 12.1 Å². The molecule has 3 heteroatoms. The molecule has 0 aliphatic heterocycles. The number of nitrogens with zero attached hydrogens (tertiary/aromatic N) is 2. The van der Waals surface area contributed by atoms with Crippen molar-refractivity contribution in [2.45, 2.75) is 11.8 Å². The molecule has 1 aliphatic rings. The topological polar surface area (TPSA) is 45.5 Å². The minimum absolute atomic E-state index is 0.468. The highest BCUT2D eigenvalue weighted by atomic mass is 16.4. The van der Waals surface area contributed by atoms with Gasteiger partial charge >= 0.3 is 0 Å². The van der Waals surface area contributed by atoms with Crippen LogP contribution in [0, 0.1) is 0 Å². The van der Waals surface area contributed by atoms with Gasteiger partial charge in [0.1, 0.15) is 0 Å². The van der Waals surface area contributed by atoms with Crippen molar-refractivity contribution in [3.05, 3.63) is 66.5 Å². The van der Waals surface area contributed by atoms with E-state index in [4.69, 9.17) is 5.21 Å². The molecule has 1 heterocycles. The highest BCUT2D eigenvalue weighted by Crippen LogP contribution is 2.34. The second-order valence-electron chi connectivity index (χ2n) is 4.66. The van der Waals surface area contributed by atoms with Gasteiger partial charge in [-0.1, -0.05) is 48.6 Å². The average Bonchev–Trinajstić information content (AvgIpc) is 2.48. The number of allylic oxidation sites excluding steroid dienone is 4. The van der Waals surface area contributed by atoms with Gasteiger partial charge in [-0.25, -0.2) is 0 Å². The lowest BCUT2D eigenvalue weighted by atomic mass is 9.78. The van der Waals surface area contributed by atoms with Crippen molar-refractivity contribution in [3.63, 3.8) is 0 Å². The van der Waals surface area contributed by atoms with Crippen LogP contribution in [0.15, 0.2) is 66.0 Å². The Bertz CT molecular complexity index is 683. The van der Waals surface area contributed by atoms with E-state index in [-0.39, 0.29) is 0 Å². The van der Waals surface area contributed by atoms with E-state index in [9.17, 15) is 0 Å². The summed E-state index contributed by atoms with van der Waals surface area (Å²) in [7, 11) is 0. The molecule has 0 fully saturated rings. The molecular weight excluding hydrogens is 236 g/mol. The van der Waals surface area contributed by atoms with E-state index < -0.39 is 5.41 Å². The fourth-order valence-electron chi connectivity index (χ4n) is 2.56. The summed E-state index contributed by atoms with van der Waals surface area (Å²) < 4.78 is 0. The molecule has 0 saturated carbocycles. The number of oxime groups is 1. The van der Waals surface area contributed by atoms with Gasteiger partial charge < -0.3 is 5.21 Å². The van der Waals surface area contributed by atoms with Crippen molar-refractivity contribution in [1.82, 2.24) is 4.98 Å². The van der Waals surface area contributed by atoms with E-state index in [1.165, 1.54) is 0 Å². The quantitative estimate of drug-likeness (QED) is 0.504. The molecule has 2 aromatic rings. The average molecular weight is 250 g/mol. The molecule has 0 amide bonds. The third kappa shape index (κ3) is 1.93. The van der Waals surface area contributed by atoms with E-state index in [0.29, 0.717) is 0 Å². The molecule has 0 spiro atoms. The second kappa shape index (κ2) is 4.69. The summed E-state index contributed by atoms with van der Waals surface area (Å²) in [6.07, 6.45) is 12.2. The molecule has 0 radical (unpaired) electrons. The minimum atomic E-state index is -0.468. The summed E-state index contributed by atoms with van der Waals surface area (Å²) in [5.74, 6) is 0. The SMILES string of the molecule is O/N=C/[C@@]1(c2nccc3ccccc23)C=CC=CC1. The van der Waals surface area contributed by atoms with Gasteiger partial charge in [-0.2, -0.15) is 0 Å². The van der Waals surface area contributed by atoms with E-state index in [0.717, 1.165) is 22.9 Å². The summed E-state index contributed by atoms with van der Waals surface area (Å²) >= 11 is 0. The molecular formula is C16H14N2O. The fraction of sp³-hybridized carbons (Fsp3) is 0.125. The monoisotopic (exact) mass is 250 g/mol. The lowest BCUT2D eigenvalue weighted by molar-refractivity contribution is 0.318. The molecule has 1 aromatic heterocycles. The predicted octanol–water partition coefficient (Wildman–Crippen LogP) is 3.45. The van der Waals surface area contributed by atoms with Crippen molar-refractivity contribution >= 4 is 17.0 Å². The zero-order chi connectivity index (χ0) is 13.1. The Kier molecular flexibility index (Phi) is 2.88. The van der Waals surface area contributed by atoms with Crippen LogP contribution in [-0.4, -0.2) is 16.4 Å². The fourth-order valence-corrected chi connectivity index (χ4v) is 2.56. The largest absolute Gasteiger partial charge is 0.411 e. The maximum atomic E-state index is 9.00. The molecule has 94 valence electrons. The van der Waals surface area contributed by atoms with Crippen molar-refractivity contribution < 1.29 is 5.21 Å². The van der Waals surface area contributed by atoms with Crippen LogP contribution in [0.2, 0.25) is 0 Å². The third-order valence-electron chi connectivity index (χ3n) is 3.50. The molecule has 0 saturated heterocycles. The first-order chi connectivity index (χ1) is 9.36. The van der Waals surface area contributed by atoms with Gasteiger partial charge in [0.15, 0.2) is 0 Å². The highest BCUT2D eigenvalue weighted by Gasteiger charge is 2.31. The van der Waals surface area contributed by atoms with Gasteiger partial charge in [-0.3, -0.25) is 4.98 Å². The maximum Gasteiger partial charge on any atom is 0.0734 e. The van der Waals surface area contributed by atoms with Crippen LogP contribution in [0.25, 0.3) is 10.8 Å². The lowest BCUT2D eigenvalue weighted by Crippen LogP contribution is -2.27. The van der Waals surface area contributed by atoms with Crippen molar-refractivity contribution in [2.75, 3.05) is 0 Å². The molecule has 0 unspecified atom stereocenters. The Balaban J connectivity index is 2.27. The molecule has 3 nitrogen and oxygen atoms in total. The van der Waals surface area contributed by atoms with Crippen molar-refractivity contribution in [3.8, 4) is 0 Å². The van der Waals surface area contributed by atoms with E-state index in [1.54, 1.807) is 12.4 Å². The summed E-state index contributed by atoms with van der Waals surface area (Å²) in [6.45, 7) is 0. The molecule has 1 aromatic carbocycles. The van der Waals surface area contributed by atoms with E-state index >= 15 is 0 Å². The number of benzene rings is 1. The van der Waals surface area contributed by atoms with Crippen LogP contribution in [0.3, 0.4) is 0 Å². The minimum Gasteiger partial charge on any atom is -0.411 e. The highest BCUT2D eigenvalue weighted by molar-refractivity contribution is 5.90. The Morgan fingerprint density at radius 2 is 2.11 bits per heavy atom. The number of hydrogen-bond donors (Lipinski definition) is 1. The molecule has 19 heavy (non-hydrogen) atoms. The molecule has 1 aliphatic carbocycles. The Hall–Kier alpha value is -2.42. The van der Waals surface area contributed by atoms with Gasteiger partial charge in [0.05, 0.1) is 17.3 Å². The maximum absolute atomic E-state index is 9.00. The van der Waals surface area contributed by atoms with Gasteiger partial charge in [0.25, 0.3) is 0 Å². The van der Waals surface area contributed by atoms with Crippen LogP contribution in [0.4, 0.5) is 0 Å². The van der Waals surface area contributed by atoms with Crippen LogP contribution in [0.5, 0.6) is 0 Å². The van der Waals surface area contributed by atoms with E-state index in [2.05, 4.69) is 28.3 Å². The van der Waals surface area contributed by atoms with E-state index in [1.807, 2.05) is 36.4 Å². The van der Waals surface area contributed by atoms with Gasteiger partial charge in [0.2, 0.25) is 0 Å². The standard InChI is InChI=1S/C16H14N2O/c19-18-12-16(9-4-1-5-10-16)15-14-7-3-2-6-13(14)8-11-17-15/h1-9,11-12,19H,10H2/b18-12+/t16-/m1/s1. The lowest BCUT2D eigenvalue weighted by Gasteiger charge is -2.27. The normalized spacial score (nSPS) is 22.3. The zero-order valence-electron chi connectivity index (χ0n) is 10.4. The summed E-state index contributed by atoms with van der Waals surface area (Å²) in [4.78, 5) is 4.53. The van der Waals surface area contributed by atoms with Crippen LogP contribution in [-0.2, 0) is 5.41 Å². The number of aromatic nitrogens is 1. The first-order valence-electron chi connectivity index (χ1n) is 6.23. The predicted molar refractivity (Wildman–Crippen MR) is 76.6 cm³/mol. The molecule has 1 atom stereocenters. The number of hydrogen-bond acceptors (Lipinski definition) is 3. The first kappa shape index (κ1) is 11.7. The van der Waals surface area contributed by atoms with Crippen molar-refractivity contribution in [1.29, 1.82) is 0 Å². The molecule has 0 bridgehead atoms. The molecule has 1 N–H and O–H groups in total. The third-order valence-corrected chi connectivity index (χ3v) is 3.50. The first-order valence-corrected chi connectivity index (χ1v) is 6.23. The van der Waals surface area contributed by atoms with Crippen molar-refractivity contribution in [2.24, 2.45) is 5.16 Å². The van der Waals surface area contributed by atoms with Gasteiger partial charge in [-0.05, 0) is 17.9 Å². The summed E-state index contributed by atoms with van der Waals surface area (Å²) in [5.41, 5.74) is 0.452. The Morgan fingerprint density at radius 1 is 1.21 bits per heavy atom. The number of rotatable bonds is 2. The Labute approximate surface area is 111 Å². The smallest absolute Gasteiger partial charge is 0.0734 e. The van der Waals surface area contributed by atoms with Crippen LogP contribution < -0.4 is 0 Å². The van der Waals surface area contributed by atoms with Crippen LogP contribution >= 0.6 is 0 Å². The number of fused-ring (bicyclic) bond motifs is 1. The van der Waals surface area contributed by atoms with Gasteiger partial charge in [-0.15, -0.1) is 5.16 Å². The number of pyridine rings is 1. The molecule has 3 rings (SSSR count). The summed E-state index contributed by atoms with van der Waals surface area (Å²) in [5, 5.41) is 14.5. The second-order valence-corrected chi connectivity index (χ2v) is 4.66.